The van der Waals surface area contributed by atoms with Crippen LogP contribution in [0.4, 0.5) is 0 Å². The maximum absolute atomic E-state index is 12.9. The van der Waals surface area contributed by atoms with Crippen molar-refractivity contribution in [2.24, 2.45) is 0 Å². The highest BCUT2D eigenvalue weighted by Crippen LogP contribution is 2.22. The van der Waals surface area contributed by atoms with Crippen LogP contribution in [0.3, 0.4) is 0 Å². The Morgan fingerprint density at radius 1 is 1.03 bits per heavy atom. The molecular formula is C22H27N3O4S. The van der Waals surface area contributed by atoms with Crippen LogP contribution in [0.15, 0.2) is 47.4 Å². The van der Waals surface area contributed by atoms with Gasteiger partial charge in [0, 0.05) is 19.6 Å². The second kappa shape index (κ2) is 8.35. The van der Waals surface area contributed by atoms with Crippen LogP contribution in [-0.4, -0.2) is 61.7 Å². The smallest absolute Gasteiger partial charge is 0.245 e. The van der Waals surface area contributed by atoms with Gasteiger partial charge >= 0.3 is 0 Å². The van der Waals surface area contributed by atoms with Gasteiger partial charge in [0.15, 0.2) is 0 Å². The summed E-state index contributed by atoms with van der Waals surface area (Å²) in [4.78, 5) is 29.1. The maximum atomic E-state index is 12.9. The standard InChI is InChI=1S/C22H27N3O4S/c1-16(21(26)24-12-5-2-6-13-24)25-14-11-20(22(25)27)23-30(28,29)19-10-9-17-7-3-4-8-18(17)15-19/h3-4,7-10,15-16,20,23H,2,5-6,11-14H2,1H3/t16-,20?/m0/s1. The minimum absolute atomic E-state index is 0.0545. The zero-order valence-corrected chi connectivity index (χ0v) is 17.9. The fraction of sp³-hybridized carbons (Fsp3) is 0.455. The number of nitrogens with one attached hydrogen (secondary N) is 1. The largest absolute Gasteiger partial charge is 0.341 e. The number of piperidine rings is 1. The van der Waals surface area contributed by atoms with Gasteiger partial charge in [-0.05, 0) is 55.5 Å². The molecule has 2 atom stereocenters. The second-order valence-corrected chi connectivity index (χ2v) is 9.78. The summed E-state index contributed by atoms with van der Waals surface area (Å²) in [6.45, 7) is 3.55. The monoisotopic (exact) mass is 429 g/mol. The van der Waals surface area contributed by atoms with Gasteiger partial charge in [-0.15, -0.1) is 0 Å². The van der Waals surface area contributed by atoms with E-state index in [9.17, 15) is 18.0 Å². The van der Waals surface area contributed by atoms with Gasteiger partial charge in [-0.3, -0.25) is 9.59 Å². The first-order valence-electron chi connectivity index (χ1n) is 10.5. The van der Waals surface area contributed by atoms with Crippen molar-refractivity contribution in [3.05, 3.63) is 42.5 Å². The Labute approximate surface area is 177 Å². The van der Waals surface area contributed by atoms with E-state index in [4.69, 9.17) is 0 Å². The summed E-state index contributed by atoms with van der Waals surface area (Å²) in [6.07, 6.45) is 3.45. The molecule has 2 saturated heterocycles. The molecule has 2 heterocycles. The van der Waals surface area contributed by atoms with Crippen molar-refractivity contribution in [3.63, 3.8) is 0 Å². The molecule has 1 unspecified atom stereocenters. The summed E-state index contributed by atoms with van der Waals surface area (Å²) in [5.74, 6) is -0.390. The van der Waals surface area contributed by atoms with Crippen molar-refractivity contribution >= 4 is 32.6 Å². The van der Waals surface area contributed by atoms with Gasteiger partial charge in [-0.1, -0.05) is 30.3 Å². The minimum atomic E-state index is -3.85. The van der Waals surface area contributed by atoms with Crippen molar-refractivity contribution in [3.8, 4) is 0 Å². The van der Waals surface area contributed by atoms with Gasteiger partial charge in [0.05, 0.1) is 4.90 Å². The number of hydrogen-bond acceptors (Lipinski definition) is 4. The number of sulfonamides is 1. The number of rotatable bonds is 5. The van der Waals surface area contributed by atoms with E-state index in [1.165, 1.54) is 4.90 Å². The van der Waals surface area contributed by atoms with E-state index in [1.54, 1.807) is 25.1 Å². The fourth-order valence-electron chi connectivity index (χ4n) is 4.30. The molecule has 2 aromatic rings. The molecule has 0 aromatic heterocycles. The summed E-state index contributed by atoms with van der Waals surface area (Å²) in [5, 5.41) is 1.77. The number of fused-ring (bicyclic) bond motifs is 1. The highest BCUT2D eigenvalue weighted by Gasteiger charge is 2.40. The van der Waals surface area contributed by atoms with Gasteiger partial charge in [0.1, 0.15) is 12.1 Å². The first-order valence-corrected chi connectivity index (χ1v) is 12.0. The average molecular weight is 430 g/mol. The molecule has 2 fully saturated rings. The molecule has 0 aliphatic carbocycles. The summed E-state index contributed by atoms with van der Waals surface area (Å²) in [7, 11) is -3.85. The maximum Gasteiger partial charge on any atom is 0.245 e. The van der Waals surface area contributed by atoms with Crippen LogP contribution in [0.2, 0.25) is 0 Å². The molecule has 0 radical (unpaired) electrons. The molecule has 0 bridgehead atoms. The van der Waals surface area contributed by atoms with Gasteiger partial charge in [0.25, 0.3) is 0 Å². The van der Waals surface area contributed by atoms with Crippen LogP contribution in [0.1, 0.15) is 32.6 Å². The molecule has 30 heavy (non-hydrogen) atoms. The Bertz CT molecular complexity index is 1060. The molecule has 1 N–H and O–H groups in total. The Kier molecular flexibility index (Phi) is 5.79. The number of carbonyl (C=O) groups is 2. The highest BCUT2D eigenvalue weighted by molar-refractivity contribution is 7.89. The van der Waals surface area contributed by atoms with Gasteiger partial charge in [-0.2, -0.15) is 4.72 Å². The normalized spacial score (nSPS) is 21.2. The van der Waals surface area contributed by atoms with Crippen LogP contribution in [0.5, 0.6) is 0 Å². The lowest BCUT2D eigenvalue weighted by atomic mass is 10.1. The molecule has 160 valence electrons. The summed E-state index contributed by atoms with van der Waals surface area (Å²) in [6, 6.07) is 11.0. The second-order valence-electron chi connectivity index (χ2n) is 8.07. The van der Waals surface area contributed by atoms with E-state index in [0.717, 1.165) is 43.1 Å². The van der Waals surface area contributed by atoms with Gasteiger partial charge in [-0.25, -0.2) is 8.42 Å². The molecule has 4 rings (SSSR count). The average Bonchev–Trinajstić information content (AvgIpc) is 3.12. The molecule has 2 aliphatic rings. The van der Waals surface area contributed by atoms with Crippen LogP contribution >= 0.6 is 0 Å². The van der Waals surface area contributed by atoms with Crippen molar-refractivity contribution in [1.29, 1.82) is 0 Å². The quantitative estimate of drug-likeness (QED) is 0.789. The fourth-order valence-corrected chi connectivity index (χ4v) is 5.56. The Morgan fingerprint density at radius 2 is 1.73 bits per heavy atom. The molecule has 2 amide bonds. The number of nitrogens with zero attached hydrogens (tertiary/aromatic N) is 2. The molecule has 2 aliphatic heterocycles. The molecule has 0 spiro atoms. The van der Waals surface area contributed by atoms with E-state index < -0.39 is 22.1 Å². The van der Waals surface area contributed by atoms with Crippen molar-refractivity contribution < 1.29 is 18.0 Å². The number of carbonyl (C=O) groups excluding carboxylic acids is 2. The van der Waals surface area contributed by atoms with Crippen LogP contribution < -0.4 is 4.72 Å². The van der Waals surface area contributed by atoms with Crippen molar-refractivity contribution in [2.45, 2.75) is 49.6 Å². The third-order valence-electron chi connectivity index (χ3n) is 6.06. The van der Waals surface area contributed by atoms with Crippen LogP contribution in [0.25, 0.3) is 10.8 Å². The Morgan fingerprint density at radius 3 is 2.47 bits per heavy atom. The van der Waals surface area contributed by atoms with Crippen molar-refractivity contribution in [1.82, 2.24) is 14.5 Å². The lowest BCUT2D eigenvalue weighted by molar-refractivity contribution is -0.143. The molecule has 8 heteroatoms. The third-order valence-corrected chi connectivity index (χ3v) is 7.53. The molecule has 0 saturated carbocycles. The zero-order valence-electron chi connectivity index (χ0n) is 17.1. The van der Waals surface area contributed by atoms with Crippen LogP contribution in [0, 0.1) is 0 Å². The summed E-state index contributed by atoms with van der Waals surface area (Å²) in [5.41, 5.74) is 0. The number of benzene rings is 2. The first-order chi connectivity index (χ1) is 14.4. The lowest BCUT2D eigenvalue weighted by Gasteiger charge is -2.32. The topological polar surface area (TPSA) is 86.8 Å². The predicted molar refractivity (Wildman–Crippen MR) is 114 cm³/mol. The van der Waals surface area contributed by atoms with E-state index in [0.29, 0.717) is 13.0 Å². The van der Waals surface area contributed by atoms with Crippen molar-refractivity contribution in [2.75, 3.05) is 19.6 Å². The summed E-state index contributed by atoms with van der Waals surface area (Å²) < 4.78 is 28.3. The molecule has 2 aromatic carbocycles. The number of hydrogen-bond donors (Lipinski definition) is 1. The highest BCUT2D eigenvalue weighted by atomic mass is 32.2. The molecular weight excluding hydrogens is 402 g/mol. The number of amides is 2. The van der Waals surface area contributed by atoms with Gasteiger partial charge in [0.2, 0.25) is 21.8 Å². The number of likely N-dealkylation sites (tertiary alicyclic amines) is 2. The first kappa shape index (κ1) is 20.8. The predicted octanol–water partition coefficient (Wildman–Crippen LogP) is 2.12. The third kappa shape index (κ3) is 4.06. The molecule has 7 nitrogen and oxygen atoms in total. The Balaban J connectivity index is 1.45. The van der Waals surface area contributed by atoms with E-state index in [-0.39, 0.29) is 16.7 Å². The van der Waals surface area contributed by atoms with E-state index in [1.807, 2.05) is 29.2 Å². The lowest BCUT2D eigenvalue weighted by Crippen LogP contribution is -2.51. The van der Waals surface area contributed by atoms with Crippen LogP contribution in [-0.2, 0) is 19.6 Å². The minimum Gasteiger partial charge on any atom is -0.341 e. The SMILES string of the molecule is C[C@@H](C(=O)N1CCCCC1)N1CCC(NS(=O)(=O)c2ccc3ccccc3c2)C1=O. The van der Waals surface area contributed by atoms with Gasteiger partial charge < -0.3 is 9.80 Å². The van der Waals surface area contributed by atoms with E-state index >= 15 is 0 Å². The Hall–Kier alpha value is -2.45. The summed E-state index contributed by atoms with van der Waals surface area (Å²) >= 11 is 0. The van der Waals surface area contributed by atoms with E-state index in [2.05, 4.69) is 4.72 Å². The zero-order chi connectivity index (χ0) is 21.3.